The number of anilines is 1. The highest BCUT2D eigenvalue weighted by Crippen LogP contribution is 2.30. The Morgan fingerprint density at radius 1 is 1.44 bits per heavy atom. The first-order valence-corrected chi connectivity index (χ1v) is 6.89. The lowest BCUT2D eigenvalue weighted by Crippen LogP contribution is -2.23. The third-order valence-corrected chi connectivity index (χ3v) is 3.86. The number of halogens is 1. The van der Waals surface area contributed by atoms with Gasteiger partial charge in [0.1, 0.15) is 17.3 Å². The molecule has 1 aromatic heterocycles. The molecule has 2 rings (SSSR count). The number of hydrogen-bond donors (Lipinski definition) is 2. The summed E-state index contributed by atoms with van der Waals surface area (Å²) in [6.07, 6.45) is 4.38. The van der Waals surface area contributed by atoms with E-state index in [1.807, 2.05) is 0 Å². The fourth-order valence-electron chi connectivity index (χ4n) is 2.51. The second-order valence-electron chi connectivity index (χ2n) is 5.22. The molecular formula is C13H20ClN3O. The minimum absolute atomic E-state index is 0.183. The summed E-state index contributed by atoms with van der Waals surface area (Å²) in [5.41, 5.74) is 0.951. The van der Waals surface area contributed by atoms with E-state index in [0.29, 0.717) is 11.1 Å². The average Bonchev–Trinajstić information content (AvgIpc) is 2.71. The van der Waals surface area contributed by atoms with Crippen molar-refractivity contribution >= 4 is 17.4 Å². The van der Waals surface area contributed by atoms with Crippen LogP contribution in [0.15, 0.2) is 6.33 Å². The minimum Gasteiger partial charge on any atom is -0.393 e. The summed E-state index contributed by atoms with van der Waals surface area (Å²) in [5, 5.41) is 13.6. The highest BCUT2D eigenvalue weighted by Gasteiger charge is 2.25. The Labute approximate surface area is 113 Å². The first-order chi connectivity index (χ1) is 8.59. The lowest BCUT2D eigenvalue weighted by molar-refractivity contribution is 0.138. The number of aliphatic hydroxyl groups is 1. The molecule has 4 nitrogen and oxygen atoms in total. The van der Waals surface area contributed by atoms with Crippen molar-refractivity contribution in [1.29, 1.82) is 0 Å². The van der Waals surface area contributed by atoms with Crippen molar-refractivity contribution in [1.82, 2.24) is 9.97 Å². The Balaban J connectivity index is 2.07. The molecule has 1 fully saturated rings. The van der Waals surface area contributed by atoms with E-state index in [1.165, 1.54) is 6.33 Å². The van der Waals surface area contributed by atoms with Gasteiger partial charge in [-0.3, -0.25) is 0 Å². The van der Waals surface area contributed by atoms with E-state index in [2.05, 4.69) is 29.1 Å². The molecule has 5 heteroatoms. The van der Waals surface area contributed by atoms with Crippen molar-refractivity contribution in [3.63, 3.8) is 0 Å². The van der Waals surface area contributed by atoms with Gasteiger partial charge in [-0.15, -0.1) is 0 Å². The molecule has 1 aliphatic rings. The molecular weight excluding hydrogens is 250 g/mol. The second kappa shape index (κ2) is 5.85. The smallest absolute Gasteiger partial charge is 0.138 e. The second-order valence-corrected chi connectivity index (χ2v) is 5.58. The topological polar surface area (TPSA) is 58.0 Å². The quantitative estimate of drug-likeness (QED) is 0.826. The molecule has 0 bridgehead atoms. The van der Waals surface area contributed by atoms with E-state index in [1.54, 1.807) is 0 Å². The van der Waals surface area contributed by atoms with Crippen molar-refractivity contribution in [3.8, 4) is 0 Å². The molecule has 18 heavy (non-hydrogen) atoms. The van der Waals surface area contributed by atoms with Crippen LogP contribution in [0, 0.1) is 5.92 Å². The van der Waals surface area contributed by atoms with Gasteiger partial charge in [0.15, 0.2) is 0 Å². The van der Waals surface area contributed by atoms with Crippen LogP contribution in [-0.2, 0) is 0 Å². The van der Waals surface area contributed by atoms with Crippen LogP contribution in [0.3, 0.4) is 0 Å². The molecule has 0 amide bonds. The maximum atomic E-state index is 9.80. The molecule has 1 saturated carbocycles. The van der Waals surface area contributed by atoms with Gasteiger partial charge >= 0.3 is 0 Å². The summed E-state index contributed by atoms with van der Waals surface area (Å²) < 4.78 is 0. The Bertz CT molecular complexity index is 411. The molecule has 0 aliphatic heterocycles. The summed E-state index contributed by atoms with van der Waals surface area (Å²) in [6, 6.07) is 0. The van der Waals surface area contributed by atoms with Crippen LogP contribution in [0.1, 0.15) is 44.6 Å². The Hall–Kier alpha value is -0.870. The third-order valence-electron chi connectivity index (χ3n) is 3.56. The van der Waals surface area contributed by atoms with E-state index >= 15 is 0 Å². The predicted octanol–water partition coefficient (Wildman–Crippen LogP) is 2.83. The van der Waals surface area contributed by atoms with Crippen LogP contribution >= 0.6 is 11.6 Å². The van der Waals surface area contributed by atoms with Crippen molar-refractivity contribution < 1.29 is 5.11 Å². The fourth-order valence-corrected chi connectivity index (χ4v) is 2.86. The van der Waals surface area contributed by atoms with Gasteiger partial charge in [-0.1, -0.05) is 31.9 Å². The number of aliphatic hydroxyl groups excluding tert-OH is 1. The molecule has 0 aromatic carbocycles. The first-order valence-electron chi connectivity index (χ1n) is 6.52. The van der Waals surface area contributed by atoms with Crippen molar-refractivity contribution in [3.05, 3.63) is 17.0 Å². The maximum absolute atomic E-state index is 9.80. The van der Waals surface area contributed by atoms with Gasteiger partial charge in [0, 0.05) is 18.0 Å². The number of hydrogen-bond acceptors (Lipinski definition) is 4. The molecule has 1 aliphatic carbocycles. The van der Waals surface area contributed by atoms with E-state index in [4.69, 9.17) is 11.6 Å². The number of aromatic nitrogens is 2. The zero-order chi connectivity index (χ0) is 13.1. The van der Waals surface area contributed by atoms with Gasteiger partial charge in [-0.05, 0) is 18.8 Å². The number of rotatable bonds is 4. The zero-order valence-electron chi connectivity index (χ0n) is 10.9. The summed E-state index contributed by atoms with van der Waals surface area (Å²) in [4.78, 5) is 8.28. The highest BCUT2D eigenvalue weighted by molar-refractivity contribution is 6.30. The third kappa shape index (κ3) is 2.93. The van der Waals surface area contributed by atoms with E-state index in [-0.39, 0.29) is 12.0 Å². The maximum Gasteiger partial charge on any atom is 0.138 e. The van der Waals surface area contributed by atoms with Gasteiger partial charge in [0.25, 0.3) is 0 Å². The number of nitrogens with one attached hydrogen (secondary N) is 1. The molecule has 0 saturated heterocycles. The van der Waals surface area contributed by atoms with Gasteiger partial charge < -0.3 is 10.4 Å². The lowest BCUT2D eigenvalue weighted by atomic mass is 10.0. The monoisotopic (exact) mass is 269 g/mol. The van der Waals surface area contributed by atoms with Crippen LogP contribution in [0.5, 0.6) is 0 Å². The van der Waals surface area contributed by atoms with E-state index < -0.39 is 0 Å². The average molecular weight is 270 g/mol. The Morgan fingerprint density at radius 3 is 2.83 bits per heavy atom. The molecule has 100 valence electrons. The first kappa shape index (κ1) is 13.6. The van der Waals surface area contributed by atoms with Crippen LogP contribution in [0.2, 0.25) is 5.15 Å². The fraction of sp³-hybridized carbons (Fsp3) is 0.692. The molecule has 0 radical (unpaired) electrons. The summed E-state index contributed by atoms with van der Waals surface area (Å²) in [5.74, 6) is 1.39. The van der Waals surface area contributed by atoms with Crippen LogP contribution in [0.4, 0.5) is 5.82 Å². The molecule has 0 spiro atoms. The highest BCUT2D eigenvalue weighted by atomic mass is 35.5. The Morgan fingerprint density at radius 2 is 2.22 bits per heavy atom. The molecule has 1 heterocycles. The molecule has 2 atom stereocenters. The zero-order valence-corrected chi connectivity index (χ0v) is 11.6. The van der Waals surface area contributed by atoms with Gasteiger partial charge in [0.05, 0.1) is 6.10 Å². The molecule has 2 N–H and O–H groups in total. The standard InChI is InChI=1S/C13H20ClN3O/c1-8(2)11-12(14)16-7-17-13(11)15-6-9-4-3-5-10(9)18/h7-10,18H,3-6H2,1-2H3,(H,15,16,17). The number of nitrogens with zero attached hydrogens (tertiary/aromatic N) is 2. The van der Waals surface area contributed by atoms with Crippen molar-refractivity contribution in [2.24, 2.45) is 5.92 Å². The van der Waals surface area contributed by atoms with Gasteiger partial charge in [0.2, 0.25) is 0 Å². The summed E-state index contributed by atoms with van der Waals surface area (Å²) >= 11 is 6.11. The Kier molecular flexibility index (Phi) is 4.40. The van der Waals surface area contributed by atoms with Crippen molar-refractivity contribution in [2.75, 3.05) is 11.9 Å². The van der Waals surface area contributed by atoms with E-state index in [9.17, 15) is 5.11 Å². The summed E-state index contributed by atoms with van der Waals surface area (Å²) in [6.45, 7) is 4.88. The lowest BCUT2D eigenvalue weighted by Gasteiger charge is -2.18. The molecule has 2 unspecified atom stereocenters. The SMILES string of the molecule is CC(C)c1c(Cl)ncnc1NCC1CCCC1O. The van der Waals surface area contributed by atoms with E-state index in [0.717, 1.165) is 37.2 Å². The predicted molar refractivity (Wildman–Crippen MR) is 73.0 cm³/mol. The van der Waals surface area contributed by atoms with Crippen LogP contribution in [0.25, 0.3) is 0 Å². The van der Waals surface area contributed by atoms with Crippen LogP contribution < -0.4 is 5.32 Å². The normalized spacial score (nSPS) is 23.6. The largest absolute Gasteiger partial charge is 0.393 e. The van der Waals surface area contributed by atoms with Crippen molar-refractivity contribution in [2.45, 2.75) is 45.1 Å². The minimum atomic E-state index is -0.183. The summed E-state index contributed by atoms with van der Waals surface area (Å²) in [7, 11) is 0. The van der Waals surface area contributed by atoms with Gasteiger partial charge in [-0.25, -0.2) is 9.97 Å². The van der Waals surface area contributed by atoms with Gasteiger partial charge in [-0.2, -0.15) is 0 Å². The molecule has 1 aromatic rings. The van der Waals surface area contributed by atoms with Crippen LogP contribution in [-0.4, -0.2) is 27.7 Å².